The highest BCUT2D eigenvalue weighted by molar-refractivity contribution is 5.67. The molecule has 0 atom stereocenters. The summed E-state index contributed by atoms with van der Waals surface area (Å²) >= 11 is 0. The quantitative estimate of drug-likeness (QED) is 0.819. The molecule has 0 bridgehead atoms. The third kappa shape index (κ3) is 2.82. The fourth-order valence-electron chi connectivity index (χ4n) is 1.56. The zero-order valence-electron chi connectivity index (χ0n) is 9.96. The minimum atomic E-state index is 0.361. The van der Waals surface area contributed by atoms with Gasteiger partial charge in [-0.1, -0.05) is 6.07 Å². The van der Waals surface area contributed by atoms with Gasteiger partial charge >= 0.3 is 0 Å². The highest BCUT2D eigenvalue weighted by Crippen LogP contribution is 2.29. The van der Waals surface area contributed by atoms with Crippen LogP contribution in [0.15, 0.2) is 47.9 Å². The first-order valence-corrected chi connectivity index (χ1v) is 5.47. The zero-order chi connectivity index (χ0) is 12.8. The van der Waals surface area contributed by atoms with Crippen molar-refractivity contribution in [3.8, 4) is 5.75 Å². The molecule has 1 aromatic heterocycles. The van der Waals surface area contributed by atoms with E-state index in [1.54, 1.807) is 37.7 Å². The minimum Gasteiger partial charge on any atom is -0.497 e. The number of nitroso groups, excluding NO2 is 1. The van der Waals surface area contributed by atoms with E-state index >= 15 is 0 Å². The Morgan fingerprint density at radius 2 is 2.28 bits per heavy atom. The number of methoxy groups -OCH3 is 1. The van der Waals surface area contributed by atoms with Gasteiger partial charge in [-0.2, -0.15) is 0 Å². The van der Waals surface area contributed by atoms with Gasteiger partial charge in [0.15, 0.2) is 0 Å². The van der Waals surface area contributed by atoms with E-state index in [9.17, 15) is 4.91 Å². The van der Waals surface area contributed by atoms with Crippen molar-refractivity contribution in [1.29, 1.82) is 0 Å². The first-order valence-electron chi connectivity index (χ1n) is 5.47. The van der Waals surface area contributed by atoms with Crippen LogP contribution in [0.3, 0.4) is 0 Å². The number of nitrogens with zero attached hydrogens (tertiary/aromatic N) is 2. The largest absolute Gasteiger partial charge is 0.497 e. The summed E-state index contributed by atoms with van der Waals surface area (Å²) < 4.78 is 5.11. The third-order valence-electron chi connectivity index (χ3n) is 2.51. The van der Waals surface area contributed by atoms with E-state index in [2.05, 4.69) is 15.5 Å². The molecule has 0 unspecified atom stereocenters. The van der Waals surface area contributed by atoms with Crippen molar-refractivity contribution in [1.82, 2.24) is 4.98 Å². The van der Waals surface area contributed by atoms with Crippen molar-refractivity contribution in [2.75, 3.05) is 12.4 Å². The molecule has 0 radical (unpaired) electrons. The highest BCUT2D eigenvalue weighted by atomic mass is 16.5. The maximum Gasteiger partial charge on any atom is 0.131 e. The van der Waals surface area contributed by atoms with Crippen LogP contribution in [-0.4, -0.2) is 12.1 Å². The third-order valence-corrected chi connectivity index (χ3v) is 2.51. The molecule has 0 amide bonds. The minimum absolute atomic E-state index is 0.361. The van der Waals surface area contributed by atoms with Crippen molar-refractivity contribution in [2.45, 2.75) is 6.54 Å². The molecule has 5 heteroatoms. The maximum atomic E-state index is 10.7. The second-order valence-corrected chi connectivity index (χ2v) is 3.69. The second kappa shape index (κ2) is 5.77. The molecular weight excluding hydrogens is 230 g/mol. The molecule has 0 saturated heterocycles. The summed E-state index contributed by atoms with van der Waals surface area (Å²) in [5, 5.41) is 6.12. The van der Waals surface area contributed by atoms with E-state index in [-0.39, 0.29) is 0 Å². The number of benzene rings is 1. The van der Waals surface area contributed by atoms with E-state index < -0.39 is 0 Å². The Bertz CT molecular complexity index is 529. The molecular formula is C13H13N3O2. The molecule has 0 aliphatic rings. The number of hydrogen-bond acceptors (Lipinski definition) is 5. The molecule has 5 nitrogen and oxygen atoms in total. The standard InChI is InChI=1S/C13H13N3O2/c1-18-11-4-5-12(16-17)13(7-11)15-9-10-3-2-6-14-8-10/h2-8,15H,9H2,1H3. The van der Waals surface area contributed by atoms with Crippen LogP contribution >= 0.6 is 0 Å². The summed E-state index contributed by atoms with van der Waals surface area (Å²) in [6.07, 6.45) is 3.48. The Kier molecular flexibility index (Phi) is 3.86. The topological polar surface area (TPSA) is 63.6 Å². The molecule has 0 aliphatic carbocycles. The van der Waals surface area contributed by atoms with Gasteiger partial charge in [-0.15, -0.1) is 4.91 Å². The molecule has 1 aromatic carbocycles. The summed E-state index contributed by atoms with van der Waals surface area (Å²) in [5.74, 6) is 0.677. The second-order valence-electron chi connectivity index (χ2n) is 3.69. The number of rotatable bonds is 5. The van der Waals surface area contributed by atoms with E-state index in [1.165, 1.54) is 0 Å². The summed E-state index contributed by atoms with van der Waals surface area (Å²) in [4.78, 5) is 14.7. The molecule has 0 fully saturated rings. The smallest absolute Gasteiger partial charge is 0.131 e. The van der Waals surface area contributed by atoms with Gasteiger partial charge < -0.3 is 10.1 Å². The Hall–Kier alpha value is -2.43. The van der Waals surface area contributed by atoms with Crippen LogP contribution in [-0.2, 0) is 6.54 Å². The van der Waals surface area contributed by atoms with Gasteiger partial charge in [-0.25, -0.2) is 0 Å². The fourth-order valence-corrected chi connectivity index (χ4v) is 1.56. The van der Waals surface area contributed by atoms with Gasteiger partial charge in [-0.3, -0.25) is 4.98 Å². The summed E-state index contributed by atoms with van der Waals surface area (Å²) in [6, 6.07) is 8.88. The monoisotopic (exact) mass is 243 g/mol. The molecule has 0 spiro atoms. The average molecular weight is 243 g/mol. The summed E-state index contributed by atoms with van der Waals surface area (Å²) in [6.45, 7) is 0.573. The Balaban J connectivity index is 2.15. The normalized spacial score (nSPS) is 9.83. The summed E-state index contributed by atoms with van der Waals surface area (Å²) in [5.41, 5.74) is 2.03. The molecule has 2 aromatic rings. The van der Waals surface area contributed by atoms with Gasteiger partial charge in [0.05, 0.1) is 12.8 Å². The fraction of sp³-hybridized carbons (Fsp3) is 0.154. The molecule has 0 saturated carbocycles. The Labute approximate surface area is 105 Å². The molecule has 2 rings (SSSR count). The van der Waals surface area contributed by atoms with Gasteiger partial charge in [-0.05, 0) is 28.9 Å². The predicted molar refractivity (Wildman–Crippen MR) is 70.0 cm³/mol. The van der Waals surface area contributed by atoms with Gasteiger partial charge in [0.25, 0.3) is 0 Å². The van der Waals surface area contributed by atoms with Crippen LogP contribution in [0.2, 0.25) is 0 Å². The molecule has 0 aliphatic heterocycles. The van der Waals surface area contributed by atoms with E-state index in [4.69, 9.17) is 4.74 Å². The van der Waals surface area contributed by atoms with Crippen LogP contribution in [0.5, 0.6) is 5.75 Å². The number of ether oxygens (including phenoxy) is 1. The average Bonchev–Trinajstić information content (AvgIpc) is 2.45. The first kappa shape index (κ1) is 12.0. The number of hydrogen-bond donors (Lipinski definition) is 1. The lowest BCUT2D eigenvalue weighted by Crippen LogP contribution is -2.00. The van der Waals surface area contributed by atoms with Crippen LogP contribution in [0.4, 0.5) is 11.4 Å². The molecule has 92 valence electrons. The van der Waals surface area contributed by atoms with E-state index in [0.717, 1.165) is 5.56 Å². The van der Waals surface area contributed by atoms with Crippen LogP contribution in [0, 0.1) is 4.91 Å². The lowest BCUT2D eigenvalue weighted by molar-refractivity contribution is 0.415. The SMILES string of the molecule is COc1ccc(N=O)c(NCc2cccnc2)c1. The number of pyridine rings is 1. The van der Waals surface area contributed by atoms with Gasteiger partial charge in [0, 0.05) is 25.0 Å². The lowest BCUT2D eigenvalue weighted by atomic mass is 10.2. The van der Waals surface area contributed by atoms with Crippen molar-refractivity contribution in [3.05, 3.63) is 53.2 Å². The predicted octanol–water partition coefficient (Wildman–Crippen LogP) is 3.10. The van der Waals surface area contributed by atoms with Crippen molar-refractivity contribution < 1.29 is 4.74 Å². The first-order chi connectivity index (χ1) is 8.83. The number of aromatic nitrogens is 1. The maximum absolute atomic E-state index is 10.7. The van der Waals surface area contributed by atoms with Crippen LogP contribution in [0.1, 0.15) is 5.56 Å². The van der Waals surface area contributed by atoms with Gasteiger partial charge in [0.2, 0.25) is 0 Å². The molecule has 1 N–H and O–H groups in total. The van der Waals surface area contributed by atoms with Gasteiger partial charge in [0.1, 0.15) is 11.4 Å². The van der Waals surface area contributed by atoms with Crippen molar-refractivity contribution in [2.24, 2.45) is 5.18 Å². The summed E-state index contributed by atoms with van der Waals surface area (Å²) in [7, 11) is 1.58. The van der Waals surface area contributed by atoms with E-state index in [1.807, 2.05) is 12.1 Å². The highest BCUT2D eigenvalue weighted by Gasteiger charge is 2.04. The number of anilines is 1. The van der Waals surface area contributed by atoms with Crippen molar-refractivity contribution in [3.63, 3.8) is 0 Å². The van der Waals surface area contributed by atoms with Crippen LogP contribution < -0.4 is 10.1 Å². The zero-order valence-corrected chi connectivity index (χ0v) is 9.96. The Morgan fingerprint density at radius 1 is 1.39 bits per heavy atom. The van der Waals surface area contributed by atoms with E-state index in [0.29, 0.717) is 23.7 Å². The Morgan fingerprint density at radius 3 is 2.94 bits per heavy atom. The molecule has 1 heterocycles. The van der Waals surface area contributed by atoms with Crippen LogP contribution in [0.25, 0.3) is 0 Å². The lowest BCUT2D eigenvalue weighted by Gasteiger charge is -2.09. The number of nitrogens with one attached hydrogen (secondary N) is 1. The van der Waals surface area contributed by atoms with Crippen molar-refractivity contribution >= 4 is 11.4 Å². The molecule has 18 heavy (non-hydrogen) atoms.